The molecule has 0 aliphatic carbocycles. The number of amides is 1. The highest BCUT2D eigenvalue weighted by molar-refractivity contribution is 7.16. The van der Waals surface area contributed by atoms with Gasteiger partial charge in [0.2, 0.25) is 0 Å². The van der Waals surface area contributed by atoms with Crippen molar-refractivity contribution in [2.75, 3.05) is 13.7 Å². The predicted molar refractivity (Wildman–Crippen MR) is 87.2 cm³/mol. The van der Waals surface area contributed by atoms with Crippen LogP contribution in [0.25, 0.3) is 0 Å². The normalized spacial score (nSPS) is 10.5. The third-order valence-corrected chi connectivity index (χ3v) is 4.41. The largest absolute Gasteiger partial charge is 0.483 e. The predicted octanol–water partition coefficient (Wildman–Crippen LogP) is 4.06. The van der Waals surface area contributed by atoms with E-state index >= 15 is 0 Å². The monoisotopic (exact) mass is 323 g/mol. The van der Waals surface area contributed by atoms with Gasteiger partial charge in [0.05, 0.1) is 10.9 Å². The van der Waals surface area contributed by atoms with E-state index in [1.165, 1.54) is 11.3 Å². The second-order valence-electron chi connectivity index (χ2n) is 4.97. The summed E-state index contributed by atoms with van der Waals surface area (Å²) in [7, 11) is 1.77. The number of nitrogens with zero attached hydrogens (tertiary/aromatic N) is 1. The van der Waals surface area contributed by atoms with Gasteiger partial charge in [-0.15, -0.1) is 11.3 Å². The third kappa shape index (κ3) is 4.22. The molecule has 21 heavy (non-hydrogen) atoms. The van der Waals surface area contributed by atoms with Crippen LogP contribution in [0.3, 0.4) is 0 Å². The molecule has 0 fully saturated rings. The third-order valence-electron chi connectivity index (χ3n) is 3.20. The number of carbonyl (C=O) groups excluding carboxylic acids is 1. The number of thiophene rings is 1. The maximum atomic E-state index is 12.1. The highest BCUT2D eigenvalue weighted by Gasteiger charge is 2.13. The molecule has 2 rings (SSSR count). The lowest BCUT2D eigenvalue weighted by Gasteiger charge is -2.18. The summed E-state index contributed by atoms with van der Waals surface area (Å²) in [5.41, 5.74) is 2.07. The fourth-order valence-electron chi connectivity index (χ4n) is 2.03. The Labute approximate surface area is 134 Å². The van der Waals surface area contributed by atoms with E-state index in [9.17, 15) is 4.79 Å². The Balaban J connectivity index is 1.92. The van der Waals surface area contributed by atoms with Crippen LogP contribution in [0.2, 0.25) is 4.34 Å². The van der Waals surface area contributed by atoms with Crippen molar-refractivity contribution in [1.29, 1.82) is 0 Å². The van der Waals surface area contributed by atoms with Crippen molar-refractivity contribution in [2.24, 2.45) is 0 Å². The number of carbonyl (C=O) groups is 1. The molecule has 3 nitrogen and oxygen atoms in total. The number of halogens is 1. The Hall–Kier alpha value is -1.52. The molecule has 2 aromatic rings. The van der Waals surface area contributed by atoms with Crippen LogP contribution >= 0.6 is 22.9 Å². The molecule has 0 N–H and O–H groups in total. The Morgan fingerprint density at radius 1 is 1.24 bits per heavy atom. The standard InChI is InChI=1S/C16H18ClNO2S/c1-11-5-4-6-12(2)16(11)20-10-15(19)18(3)9-13-7-8-14(17)21-13/h4-8H,9-10H2,1-3H3. The molecule has 112 valence electrons. The van der Waals surface area contributed by atoms with Gasteiger partial charge in [-0.05, 0) is 37.1 Å². The summed E-state index contributed by atoms with van der Waals surface area (Å²) in [4.78, 5) is 14.8. The van der Waals surface area contributed by atoms with Crippen LogP contribution in [0.1, 0.15) is 16.0 Å². The van der Waals surface area contributed by atoms with Gasteiger partial charge in [-0.25, -0.2) is 0 Å². The van der Waals surface area contributed by atoms with E-state index in [4.69, 9.17) is 16.3 Å². The van der Waals surface area contributed by atoms with E-state index in [-0.39, 0.29) is 12.5 Å². The lowest BCUT2D eigenvalue weighted by molar-refractivity contribution is -0.132. The Morgan fingerprint density at radius 3 is 2.48 bits per heavy atom. The van der Waals surface area contributed by atoms with Crippen molar-refractivity contribution >= 4 is 28.8 Å². The summed E-state index contributed by atoms with van der Waals surface area (Å²) < 4.78 is 6.41. The summed E-state index contributed by atoms with van der Waals surface area (Å²) in [5.74, 6) is 0.737. The van der Waals surface area contributed by atoms with E-state index in [0.717, 1.165) is 26.1 Å². The first-order chi connectivity index (χ1) is 9.97. The fraction of sp³-hybridized carbons (Fsp3) is 0.312. The molecule has 0 saturated carbocycles. The maximum Gasteiger partial charge on any atom is 0.260 e. The molecule has 0 aliphatic rings. The van der Waals surface area contributed by atoms with Gasteiger partial charge in [0, 0.05) is 11.9 Å². The average Bonchev–Trinajstić information content (AvgIpc) is 2.83. The molecule has 1 heterocycles. The second kappa shape index (κ2) is 6.96. The molecule has 0 unspecified atom stereocenters. The average molecular weight is 324 g/mol. The number of para-hydroxylation sites is 1. The van der Waals surface area contributed by atoms with Gasteiger partial charge < -0.3 is 9.64 Å². The number of likely N-dealkylation sites (N-methyl/N-ethyl adjacent to an activating group) is 1. The number of aryl methyl sites for hydroxylation is 2. The molecular weight excluding hydrogens is 306 g/mol. The molecule has 1 aromatic heterocycles. The quantitative estimate of drug-likeness (QED) is 0.830. The van der Waals surface area contributed by atoms with Crippen LogP contribution in [0.5, 0.6) is 5.75 Å². The molecular formula is C16H18ClNO2S. The van der Waals surface area contributed by atoms with E-state index in [0.29, 0.717) is 6.54 Å². The smallest absolute Gasteiger partial charge is 0.260 e. The molecule has 0 spiro atoms. The number of benzene rings is 1. The van der Waals surface area contributed by atoms with Crippen molar-refractivity contribution in [2.45, 2.75) is 20.4 Å². The van der Waals surface area contributed by atoms with Crippen molar-refractivity contribution in [3.05, 3.63) is 50.7 Å². The lowest BCUT2D eigenvalue weighted by atomic mass is 10.1. The van der Waals surface area contributed by atoms with Crippen LogP contribution < -0.4 is 4.74 Å². The van der Waals surface area contributed by atoms with Gasteiger partial charge in [-0.1, -0.05) is 29.8 Å². The molecule has 1 amide bonds. The molecule has 5 heteroatoms. The number of hydrogen-bond acceptors (Lipinski definition) is 3. The van der Waals surface area contributed by atoms with Gasteiger partial charge in [0.15, 0.2) is 6.61 Å². The first kappa shape index (κ1) is 15.9. The van der Waals surface area contributed by atoms with Crippen molar-refractivity contribution in [3.63, 3.8) is 0 Å². The van der Waals surface area contributed by atoms with E-state index in [2.05, 4.69) is 0 Å². The van der Waals surface area contributed by atoms with Gasteiger partial charge in [0.1, 0.15) is 5.75 Å². The minimum atomic E-state index is -0.0535. The highest BCUT2D eigenvalue weighted by atomic mass is 35.5. The van der Waals surface area contributed by atoms with Crippen molar-refractivity contribution in [3.8, 4) is 5.75 Å². The minimum absolute atomic E-state index is 0.0430. The van der Waals surface area contributed by atoms with Gasteiger partial charge in [0.25, 0.3) is 5.91 Å². The van der Waals surface area contributed by atoms with E-state index in [1.807, 2.05) is 44.2 Å². The van der Waals surface area contributed by atoms with Crippen molar-refractivity contribution < 1.29 is 9.53 Å². The van der Waals surface area contributed by atoms with Gasteiger partial charge in [-0.3, -0.25) is 4.79 Å². The minimum Gasteiger partial charge on any atom is -0.483 e. The SMILES string of the molecule is Cc1cccc(C)c1OCC(=O)N(C)Cc1ccc(Cl)s1. The Bertz CT molecular complexity index is 619. The summed E-state index contributed by atoms with van der Waals surface area (Å²) in [6, 6.07) is 9.70. The van der Waals surface area contributed by atoms with Crippen LogP contribution in [0.4, 0.5) is 0 Å². The zero-order valence-corrected chi connectivity index (χ0v) is 13.9. The topological polar surface area (TPSA) is 29.5 Å². The molecule has 0 radical (unpaired) electrons. The second-order valence-corrected chi connectivity index (χ2v) is 6.76. The first-order valence-corrected chi connectivity index (χ1v) is 7.84. The first-order valence-electron chi connectivity index (χ1n) is 6.64. The number of hydrogen-bond donors (Lipinski definition) is 0. The van der Waals surface area contributed by atoms with Crippen molar-refractivity contribution in [1.82, 2.24) is 4.90 Å². The van der Waals surface area contributed by atoms with Crippen LogP contribution in [-0.4, -0.2) is 24.5 Å². The fourth-order valence-corrected chi connectivity index (χ4v) is 3.17. The number of ether oxygens (including phenoxy) is 1. The number of rotatable bonds is 5. The van der Waals surface area contributed by atoms with Crippen LogP contribution in [-0.2, 0) is 11.3 Å². The zero-order valence-electron chi connectivity index (χ0n) is 12.4. The summed E-state index contributed by atoms with van der Waals surface area (Å²) in [6.45, 7) is 4.54. The summed E-state index contributed by atoms with van der Waals surface area (Å²) in [5, 5.41) is 0. The van der Waals surface area contributed by atoms with Crippen LogP contribution in [0.15, 0.2) is 30.3 Å². The summed E-state index contributed by atoms with van der Waals surface area (Å²) in [6.07, 6.45) is 0. The lowest BCUT2D eigenvalue weighted by Crippen LogP contribution is -2.30. The molecule has 0 saturated heterocycles. The Morgan fingerprint density at radius 2 is 1.90 bits per heavy atom. The van der Waals surface area contributed by atoms with Gasteiger partial charge in [-0.2, -0.15) is 0 Å². The van der Waals surface area contributed by atoms with E-state index in [1.54, 1.807) is 11.9 Å². The van der Waals surface area contributed by atoms with Gasteiger partial charge >= 0.3 is 0 Å². The molecule has 0 atom stereocenters. The van der Waals surface area contributed by atoms with Crippen LogP contribution in [0, 0.1) is 13.8 Å². The highest BCUT2D eigenvalue weighted by Crippen LogP contribution is 2.23. The van der Waals surface area contributed by atoms with E-state index < -0.39 is 0 Å². The molecule has 0 aliphatic heterocycles. The Kier molecular flexibility index (Phi) is 5.26. The zero-order chi connectivity index (χ0) is 15.4. The molecule has 1 aromatic carbocycles. The maximum absolute atomic E-state index is 12.1. The molecule has 0 bridgehead atoms. The summed E-state index contributed by atoms with van der Waals surface area (Å²) >= 11 is 7.37.